The third kappa shape index (κ3) is 7.03. The van der Waals surface area contributed by atoms with Gasteiger partial charge >= 0.3 is 0 Å². The molecule has 1 aromatic carbocycles. The van der Waals surface area contributed by atoms with Gasteiger partial charge in [-0.2, -0.15) is 0 Å². The van der Waals surface area contributed by atoms with Crippen LogP contribution in [0.1, 0.15) is 15.9 Å². The molecule has 31 heavy (non-hydrogen) atoms. The normalized spacial score (nSPS) is 14.1. The first-order chi connectivity index (χ1) is 14.6. The van der Waals surface area contributed by atoms with Crippen LogP contribution in [-0.4, -0.2) is 98.8 Å². The van der Waals surface area contributed by atoms with Crippen molar-refractivity contribution in [2.45, 2.75) is 24.9 Å². The molecule has 0 saturated heterocycles. The van der Waals surface area contributed by atoms with Gasteiger partial charge in [0, 0.05) is 12.7 Å². The quantitative estimate of drug-likeness (QED) is 0.119. The largest absolute Gasteiger partial charge is 0.394 e. The zero-order valence-corrected chi connectivity index (χ0v) is 22.5. The molecule has 0 aliphatic carbocycles. The van der Waals surface area contributed by atoms with Crippen LogP contribution in [0.3, 0.4) is 0 Å². The Morgan fingerprint density at radius 3 is 1.97 bits per heavy atom. The van der Waals surface area contributed by atoms with Gasteiger partial charge in [-0.15, -0.1) is 0 Å². The number of nitrogens with one attached hydrogen (secondary N) is 1. The topological polar surface area (TPSA) is 191 Å². The van der Waals surface area contributed by atoms with Gasteiger partial charge in [-0.3, -0.25) is 9.59 Å². The summed E-state index contributed by atoms with van der Waals surface area (Å²) in [7, 11) is 0. The summed E-state index contributed by atoms with van der Waals surface area (Å²) in [6.45, 7) is -3.77. The third-order valence-electron chi connectivity index (χ3n) is 4.24. The molecule has 0 fully saturated rings. The van der Waals surface area contributed by atoms with Gasteiger partial charge in [0.25, 0.3) is 11.8 Å². The van der Waals surface area contributed by atoms with Gasteiger partial charge in [0.15, 0.2) is 0 Å². The Morgan fingerprint density at radius 1 is 0.903 bits per heavy atom. The van der Waals surface area contributed by atoms with Crippen LogP contribution >= 0.6 is 67.8 Å². The fourth-order valence-corrected chi connectivity index (χ4v) is 7.16. The van der Waals surface area contributed by atoms with Crippen molar-refractivity contribution in [3.63, 3.8) is 0 Å². The number of rotatable bonds is 11. The number of aliphatic hydroxyl groups excluding tert-OH is 7. The van der Waals surface area contributed by atoms with Crippen LogP contribution in [0.4, 0.5) is 5.69 Å². The van der Waals surface area contributed by atoms with E-state index in [9.17, 15) is 40.2 Å². The van der Waals surface area contributed by atoms with Gasteiger partial charge in [0.2, 0.25) is 0 Å². The van der Waals surface area contributed by atoms with Crippen molar-refractivity contribution in [2.75, 3.05) is 37.9 Å². The van der Waals surface area contributed by atoms with E-state index in [4.69, 9.17) is 5.11 Å². The van der Waals surface area contributed by atoms with Crippen molar-refractivity contribution in [1.82, 2.24) is 5.32 Å². The molecule has 0 radical (unpaired) electrons. The average molecular weight is 780 g/mol. The minimum atomic E-state index is -1.42. The summed E-state index contributed by atoms with van der Waals surface area (Å²) < 4.78 is 0.985. The Bertz CT molecular complexity index is 797. The van der Waals surface area contributed by atoms with Crippen molar-refractivity contribution in [2.24, 2.45) is 0 Å². The molecule has 0 aliphatic rings. The summed E-state index contributed by atoms with van der Waals surface area (Å²) in [5.41, 5.74) is 0.475. The molecule has 1 rings (SSSR count). The summed E-state index contributed by atoms with van der Waals surface area (Å²) in [5, 5.41) is 69.0. The highest BCUT2D eigenvalue weighted by Crippen LogP contribution is 2.38. The molecule has 11 nitrogen and oxygen atoms in total. The lowest BCUT2D eigenvalue weighted by atomic mass is 10.1. The Labute approximate surface area is 218 Å². The second-order valence-corrected chi connectivity index (χ2v) is 9.55. The third-order valence-corrected chi connectivity index (χ3v) is 7.65. The van der Waals surface area contributed by atoms with E-state index in [1.807, 2.05) is 45.2 Å². The molecule has 0 aromatic heterocycles. The van der Waals surface area contributed by atoms with Crippen LogP contribution < -0.4 is 10.2 Å². The number of halogens is 3. The molecule has 1 aromatic rings. The number of amides is 2. The average Bonchev–Trinajstić information content (AvgIpc) is 2.75. The number of carbonyl (C=O) groups excluding carboxylic acids is 2. The summed E-state index contributed by atoms with van der Waals surface area (Å²) in [6.07, 6.45) is -2.74. The molecule has 2 amide bonds. The SMILES string of the molecule is O=C(NC(CO)C(O)CO)c1c(I)c(CO)c(I)c(N(CC(O)CO)C(=O)CO)c1I. The second-order valence-electron chi connectivity index (χ2n) is 6.31. The maximum atomic E-state index is 13.0. The minimum absolute atomic E-state index is 0.0264. The minimum Gasteiger partial charge on any atom is -0.394 e. The highest BCUT2D eigenvalue weighted by molar-refractivity contribution is 14.1. The highest BCUT2D eigenvalue weighted by Gasteiger charge is 2.31. The van der Waals surface area contributed by atoms with E-state index < -0.39 is 63.1 Å². The number of hydrogen-bond acceptors (Lipinski definition) is 9. The van der Waals surface area contributed by atoms with Gasteiger partial charge in [-0.25, -0.2) is 0 Å². The maximum absolute atomic E-state index is 13.0. The van der Waals surface area contributed by atoms with Crippen LogP contribution in [0.15, 0.2) is 0 Å². The Hall–Kier alpha value is 0.0700. The Balaban J connectivity index is 3.68. The predicted octanol–water partition coefficient (Wildman–Crippen LogP) is -1.88. The molecule has 0 spiro atoms. The lowest BCUT2D eigenvalue weighted by Crippen LogP contribution is -2.48. The van der Waals surface area contributed by atoms with Crippen molar-refractivity contribution in [3.05, 3.63) is 21.8 Å². The lowest BCUT2D eigenvalue weighted by Gasteiger charge is -2.29. The van der Waals surface area contributed by atoms with E-state index >= 15 is 0 Å². The van der Waals surface area contributed by atoms with Crippen LogP contribution in [0.5, 0.6) is 0 Å². The Kier molecular flexibility index (Phi) is 12.9. The molecule has 176 valence electrons. The molecule has 0 aliphatic heterocycles. The lowest BCUT2D eigenvalue weighted by molar-refractivity contribution is -0.121. The fourth-order valence-electron chi connectivity index (χ4n) is 2.58. The fraction of sp³-hybridized carbons (Fsp3) is 0.529. The van der Waals surface area contributed by atoms with Crippen molar-refractivity contribution in [1.29, 1.82) is 0 Å². The molecule has 3 unspecified atom stereocenters. The number of aliphatic hydroxyl groups is 7. The second kappa shape index (κ2) is 13.7. The number of carbonyl (C=O) groups is 2. The van der Waals surface area contributed by atoms with Gasteiger partial charge in [-0.05, 0) is 67.8 Å². The van der Waals surface area contributed by atoms with Gasteiger partial charge in [0.05, 0.1) is 66.0 Å². The standard InChI is InChI=1S/C17H23I3N2O9/c18-13-8(3-24)14(19)16(22(11(30)6-27)1-7(28)2-23)15(20)12(13)17(31)21-9(4-25)10(29)5-26/h7,9-10,23-29H,1-6H2,(H,21,31). The van der Waals surface area contributed by atoms with Crippen LogP contribution in [0, 0.1) is 10.7 Å². The van der Waals surface area contributed by atoms with Gasteiger partial charge < -0.3 is 46.0 Å². The number of anilines is 1. The van der Waals surface area contributed by atoms with E-state index in [-0.39, 0.29) is 21.4 Å². The molecular formula is C17H23I3N2O9. The number of benzene rings is 1. The molecule has 0 bridgehead atoms. The Morgan fingerprint density at radius 2 is 1.52 bits per heavy atom. The summed E-state index contributed by atoms with van der Waals surface area (Å²) >= 11 is 5.52. The smallest absolute Gasteiger partial charge is 0.253 e. The molecule has 8 N–H and O–H groups in total. The van der Waals surface area contributed by atoms with Crippen LogP contribution in [-0.2, 0) is 11.4 Å². The first-order valence-corrected chi connectivity index (χ1v) is 12.0. The van der Waals surface area contributed by atoms with Crippen molar-refractivity contribution < 1.29 is 45.3 Å². The first kappa shape index (κ1) is 29.1. The van der Waals surface area contributed by atoms with Crippen molar-refractivity contribution >= 4 is 85.3 Å². The van der Waals surface area contributed by atoms with Crippen LogP contribution in [0.2, 0.25) is 0 Å². The summed E-state index contributed by atoms with van der Waals surface area (Å²) in [5.74, 6) is -1.55. The van der Waals surface area contributed by atoms with E-state index in [2.05, 4.69) is 5.32 Å². The van der Waals surface area contributed by atoms with Crippen molar-refractivity contribution in [3.8, 4) is 0 Å². The molecule has 0 heterocycles. The number of hydrogen-bond donors (Lipinski definition) is 8. The van der Waals surface area contributed by atoms with Gasteiger partial charge in [-0.1, -0.05) is 0 Å². The van der Waals surface area contributed by atoms with E-state index in [0.29, 0.717) is 12.7 Å². The molecular weight excluding hydrogens is 757 g/mol. The molecule has 3 atom stereocenters. The first-order valence-electron chi connectivity index (χ1n) is 8.80. The zero-order chi connectivity index (χ0) is 23.9. The summed E-state index contributed by atoms with van der Waals surface area (Å²) in [6, 6.07) is -1.17. The summed E-state index contributed by atoms with van der Waals surface area (Å²) in [4.78, 5) is 26.4. The zero-order valence-electron chi connectivity index (χ0n) is 16.0. The monoisotopic (exact) mass is 780 g/mol. The number of nitrogens with zero attached hydrogens (tertiary/aromatic N) is 1. The van der Waals surface area contributed by atoms with Crippen LogP contribution in [0.25, 0.3) is 0 Å². The molecule has 14 heteroatoms. The predicted molar refractivity (Wildman–Crippen MR) is 134 cm³/mol. The van der Waals surface area contributed by atoms with E-state index in [0.717, 1.165) is 4.90 Å². The van der Waals surface area contributed by atoms with Gasteiger partial charge in [0.1, 0.15) is 6.61 Å². The van der Waals surface area contributed by atoms with E-state index in [1.165, 1.54) is 0 Å². The maximum Gasteiger partial charge on any atom is 0.253 e. The van der Waals surface area contributed by atoms with E-state index in [1.54, 1.807) is 22.6 Å². The highest BCUT2D eigenvalue weighted by atomic mass is 127. The molecule has 0 saturated carbocycles.